The number of hydrogen-bond acceptors (Lipinski definition) is 5. The predicted molar refractivity (Wildman–Crippen MR) is 83.3 cm³/mol. The second-order valence-electron chi connectivity index (χ2n) is 5.89. The van der Waals surface area contributed by atoms with Crippen LogP contribution in [0.15, 0.2) is 18.2 Å². The fourth-order valence-corrected chi connectivity index (χ4v) is 3.55. The average molecular weight is 307 g/mol. The van der Waals surface area contributed by atoms with E-state index in [2.05, 4.69) is 18.3 Å². The van der Waals surface area contributed by atoms with Gasteiger partial charge in [-0.15, -0.1) is 0 Å². The van der Waals surface area contributed by atoms with Gasteiger partial charge in [-0.2, -0.15) is 0 Å². The zero-order valence-corrected chi connectivity index (χ0v) is 13.6. The van der Waals surface area contributed by atoms with Crippen LogP contribution in [0, 0.1) is 5.92 Å². The van der Waals surface area contributed by atoms with E-state index >= 15 is 0 Å². The molecule has 0 aromatic heterocycles. The van der Waals surface area contributed by atoms with Gasteiger partial charge in [0.2, 0.25) is 0 Å². The van der Waals surface area contributed by atoms with Crippen LogP contribution in [0.5, 0.6) is 11.5 Å². The first-order valence-corrected chi connectivity index (χ1v) is 7.95. The van der Waals surface area contributed by atoms with Gasteiger partial charge in [0.1, 0.15) is 0 Å². The fraction of sp³-hybridized carbons (Fsp3) is 0.647. The van der Waals surface area contributed by atoms with E-state index in [0.717, 1.165) is 30.9 Å². The Morgan fingerprint density at radius 1 is 1.18 bits per heavy atom. The monoisotopic (exact) mass is 307 g/mol. The number of ether oxygens (including phenoxy) is 4. The van der Waals surface area contributed by atoms with Crippen LogP contribution in [0.4, 0.5) is 0 Å². The van der Waals surface area contributed by atoms with E-state index in [1.165, 1.54) is 5.56 Å². The maximum atomic E-state index is 6.02. The summed E-state index contributed by atoms with van der Waals surface area (Å²) in [6.07, 6.45) is 1.87. The molecule has 3 rings (SSSR count). The summed E-state index contributed by atoms with van der Waals surface area (Å²) in [5, 5.41) is 3.62. The average Bonchev–Trinajstić information content (AvgIpc) is 3.02. The highest BCUT2D eigenvalue weighted by atomic mass is 16.7. The molecule has 1 N–H and O–H groups in total. The highest BCUT2D eigenvalue weighted by Crippen LogP contribution is 2.42. The normalized spacial score (nSPS) is 27.0. The quantitative estimate of drug-likeness (QED) is 0.926. The smallest absolute Gasteiger partial charge is 0.174 e. The first-order valence-electron chi connectivity index (χ1n) is 7.95. The van der Waals surface area contributed by atoms with Crippen molar-refractivity contribution in [3.05, 3.63) is 23.8 Å². The van der Waals surface area contributed by atoms with Crippen LogP contribution in [-0.4, -0.2) is 39.8 Å². The van der Waals surface area contributed by atoms with Gasteiger partial charge in [0.25, 0.3) is 0 Å². The molecule has 2 aliphatic rings. The number of piperidine rings is 1. The standard InChI is InChI=1S/C17H25NO4/c1-4-13-11-18-14(10-17(13)21-7-8-22-17)12-5-6-15(19-2)16(9-12)20-3/h5-6,9,13-14,18H,4,7-8,10-11H2,1-3H3/t13-,14-/m0/s1. The van der Waals surface area contributed by atoms with E-state index in [1.807, 2.05) is 12.1 Å². The van der Waals surface area contributed by atoms with Gasteiger partial charge in [-0.05, 0) is 24.1 Å². The van der Waals surface area contributed by atoms with Crippen LogP contribution >= 0.6 is 0 Å². The van der Waals surface area contributed by atoms with Crippen molar-refractivity contribution in [3.8, 4) is 11.5 Å². The van der Waals surface area contributed by atoms with Crippen molar-refractivity contribution in [2.45, 2.75) is 31.6 Å². The molecule has 2 atom stereocenters. The summed E-state index contributed by atoms with van der Waals surface area (Å²) >= 11 is 0. The molecule has 122 valence electrons. The van der Waals surface area contributed by atoms with Gasteiger partial charge in [0.15, 0.2) is 17.3 Å². The molecular weight excluding hydrogens is 282 g/mol. The van der Waals surface area contributed by atoms with Crippen LogP contribution in [-0.2, 0) is 9.47 Å². The van der Waals surface area contributed by atoms with Gasteiger partial charge >= 0.3 is 0 Å². The lowest BCUT2D eigenvalue weighted by Crippen LogP contribution is -2.52. The second-order valence-corrected chi connectivity index (χ2v) is 5.89. The molecule has 2 saturated heterocycles. The molecule has 2 fully saturated rings. The Labute approximate surface area is 131 Å². The molecule has 22 heavy (non-hydrogen) atoms. The van der Waals surface area contributed by atoms with Crippen LogP contribution in [0.1, 0.15) is 31.4 Å². The highest BCUT2D eigenvalue weighted by Gasteiger charge is 2.48. The molecule has 1 spiro atoms. The summed E-state index contributed by atoms with van der Waals surface area (Å²) in [5.74, 6) is 1.46. The molecule has 0 saturated carbocycles. The topological polar surface area (TPSA) is 49.0 Å². The maximum Gasteiger partial charge on any atom is 0.174 e. The van der Waals surface area contributed by atoms with Gasteiger partial charge in [-0.1, -0.05) is 13.0 Å². The van der Waals surface area contributed by atoms with E-state index < -0.39 is 5.79 Å². The molecule has 0 amide bonds. The molecule has 1 aromatic rings. The van der Waals surface area contributed by atoms with Gasteiger partial charge in [-0.25, -0.2) is 0 Å². The number of methoxy groups -OCH3 is 2. The third kappa shape index (κ3) is 2.69. The predicted octanol–water partition coefficient (Wildman–Crippen LogP) is 2.51. The summed E-state index contributed by atoms with van der Waals surface area (Å²) in [4.78, 5) is 0. The lowest BCUT2D eigenvalue weighted by molar-refractivity contribution is -0.215. The van der Waals surface area contributed by atoms with Crippen molar-refractivity contribution in [1.29, 1.82) is 0 Å². The molecule has 2 aliphatic heterocycles. The summed E-state index contributed by atoms with van der Waals surface area (Å²) in [7, 11) is 3.31. The molecular formula is C17H25NO4. The van der Waals surface area contributed by atoms with Crippen molar-refractivity contribution in [3.63, 3.8) is 0 Å². The Balaban J connectivity index is 1.83. The molecule has 0 unspecified atom stereocenters. The van der Waals surface area contributed by atoms with Gasteiger partial charge in [-0.3, -0.25) is 0 Å². The maximum absolute atomic E-state index is 6.02. The highest BCUT2D eigenvalue weighted by molar-refractivity contribution is 5.44. The van der Waals surface area contributed by atoms with E-state index in [1.54, 1.807) is 14.2 Å². The van der Waals surface area contributed by atoms with Crippen molar-refractivity contribution in [2.24, 2.45) is 5.92 Å². The Bertz CT molecular complexity index is 513. The fourth-order valence-electron chi connectivity index (χ4n) is 3.55. The van der Waals surface area contributed by atoms with Crippen molar-refractivity contribution in [1.82, 2.24) is 5.32 Å². The minimum atomic E-state index is -0.433. The van der Waals surface area contributed by atoms with E-state index in [9.17, 15) is 0 Å². The van der Waals surface area contributed by atoms with E-state index in [-0.39, 0.29) is 6.04 Å². The number of hydrogen-bond donors (Lipinski definition) is 1. The van der Waals surface area contributed by atoms with Crippen LogP contribution in [0.2, 0.25) is 0 Å². The Morgan fingerprint density at radius 2 is 1.91 bits per heavy atom. The molecule has 2 heterocycles. The first-order chi connectivity index (χ1) is 10.7. The third-order valence-electron chi connectivity index (χ3n) is 4.80. The van der Waals surface area contributed by atoms with E-state index in [4.69, 9.17) is 18.9 Å². The third-order valence-corrected chi connectivity index (χ3v) is 4.80. The summed E-state index contributed by atoms with van der Waals surface area (Å²) in [6, 6.07) is 6.25. The SMILES string of the molecule is CC[C@H]1CN[C@H](c2ccc(OC)c(OC)c2)CC12OCCO2. The number of nitrogens with one attached hydrogen (secondary N) is 1. The lowest BCUT2D eigenvalue weighted by atomic mass is 9.83. The van der Waals surface area contributed by atoms with Crippen molar-refractivity contribution >= 4 is 0 Å². The number of benzene rings is 1. The van der Waals surface area contributed by atoms with Gasteiger partial charge in [0, 0.05) is 24.9 Å². The molecule has 1 aromatic carbocycles. The van der Waals surface area contributed by atoms with E-state index in [0.29, 0.717) is 19.1 Å². The summed E-state index contributed by atoms with van der Waals surface area (Å²) < 4.78 is 22.8. The molecule has 0 bridgehead atoms. The van der Waals surface area contributed by atoms with Crippen LogP contribution in [0.3, 0.4) is 0 Å². The minimum absolute atomic E-state index is 0.195. The van der Waals surface area contributed by atoms with Crippen LogP contribution in [0.25, 0.3) is 0 Å². The lowest BCUT2D eigenvalue weighted by Gasteiger charge is -2.43. The molecule has 5 heteroatoms. The Hall–Kier alpha value is -1.30. The van der Waals surface area contributed by atoms with Crippen molar-refractivity contribution in [2.75, 3.05) is 34.0 Å². The number of rotatable bonds is 4. The van der Waals surface area contributed by atoms with Gasteiger partial charge < -0.3 is 24.3 Å². The van der Waals surface area contributed by atoms with Crippen LogP contribution < -0.4 is 14.8 Å². The molecule has 5 nitrogen and oxygen atoms in total. The largest absolute Gasteiger partial charge is 0.493 e. The second kappa shape index (κ2) is 6.44. The Kier molecular flexibility index (Phi) is 4.57. The first kappa shape index (κ1) is 15.6. The molecule has 0 aliphatic carbocycles. The van der Waals surface area contributed by atoms with Gasteiger partial charge in [0.05, 0.1) is 27.4 Å². The Morgan fingerprint density at radius 3 is 2.55 bits per heavy atom. The van der Waals surface area contributed by atoms with Crippen molar-refractivity contribution < 1.29 is 18.9 Å². The zero-order valence-electron chi connectivity index (χ0n) is 13.6. The minimum Gasteiger partial charge on any atom is -0.493 e. The summed E-state index contributed by atoms with van der Waals surface area (Å²) in [5.41, 5.74) is 1.17. The zero-order chi connectivity index (χ0) is 15.6. The summed E-state index contributed by atoms with van der Waals surface area (Å²) in [6.45, 7) is 4.47. The molecule has 0 radical (unpaired) electrons.